The van der Waals surface area contributed by atoms with Gasteiger partial charge in [0.15, 0.2) is 0 Å². The van der Waals surface area contributed by atoms with Crippen LogP contribution in [0.3, 0.4) is 0 Å². The molecule has 1 fully saturated rings. The minimum Gasteiger partial charge on any atom is -0.266 e. The van der Waals surface area contributed by atoms with Crippen LogP contribution in [0.1, 0.15) is 23.6 Å². The Bertz CT molecular complexity index is 901. The smallest absolute Gasteiger partial charge is 0.264 e. The van der Waals surface area contributed by atoms with E-state index in [-0.39, 0.29) is 4.08 Å². The second-order valence-electron chi connectivity index (χ2n) is 6.63. The number of aryl methyl sites for hydroxylation is 1. The third kappa shape index (κ3) is 2.98. The summed E-state index contributed by atoms with van der Waals surface area (Å²) < 4.78 is 27.7. The first kappa shape index (κ1) is 17.3. The van der Waals surface area contributed by atoms with E-state index >= 15 is 0 Å². The lowest BCUT2D eigenvalue weighted by Gasteiger charge is -2.24. The summed E-state index contributed by atoms with van der Waals surface area (Å²) in [5, 5.41) is 0. The minimum absolute atomic E-state index is 0.0955. The van der Waals surface area contributed by atoms with Gasteiger partial charge in [-0.25, -0.2) is 8.42 Å². The highest BCUT2D eigenvalue weighted by Gasteiger charge is 2.35. The third-order valence-electron chi connectivity index (χ3n) is 4.90. The molecule has 2 aromatic carbocycles. The minimum atomic E-state index is -3.49. The Morgan fingerprint density at radius 3 is 2.40 bits per heavy atom. The van der Waals surface area contributed by atoms with Crippen LogP contribution < -0.4 is 4.31 Å². The fraction of sp³-hybridized carbons (Fsp3) is 0.368. The normalized spacial score (nSPS) is 19.2. The van der Waals surface area contributed by atoms with Gasteiger partial charge in [0.05, 0.1) is 14.7 Å². The number of hydrogen-bond acceptors (Lipinski definition) is 4. The summed E-state index contributed by atoms with van der Waals surface area (Å²) in [5.74, 6) is 2.35. The van der Waals surface area contributed by atoms with E-state index in [2.05, 4.69) is 19.1 Å². The molecule has 0 radical (unpaired) electrons. The van der Waals surface area contributed by atoms with Gasteiger partial charge >= 0.3 is 0 Å². The van der Waals surface area contributed by atoms with E-state index in [1.807, 2.05) is 48.6 Å². The average molecular weight is 392 g/mol. The SMILES string of the molecule is Cc1ccc(S(=O)(=O)N2CCc3cc(C4(C)SCCS4)ccc32)cc1. The number of nitrogens with zero attached hydrogens (tertiary/aromatic N) is 1. The van der Waals surface area contributed by atoms with Crippen molar-refractivity contribution >= 4 is 39.2 Å². The Kier molecular flexibility index (Phi) is 4.33. The molecule has 0 spiro atoms. The quantitative estimate of drug-likeness (QED) is 0.777. The van der Waals surface area contributed by atoms with Crippen LogP contribution in [0.5, 0.6) is 0 Å². The van der Waals surface area contributed by atoms with Gasteiger partial charge in [0.1, 0.15) is 0 Å². The Hall–Kier alpha value is -1.11. The standard InChI is InChI=1S/C19H21NO2S3/c1-14-3-6-17(7-4-14)25(21,22)20-10-9-15-13-16(5-8-18(15)20)19(2)23-11-12-24-19/h3-8,13H,9-12H2,1-2H3. The molecule has 3 nitrogen and oxygen atoms in total. The molecule has 6 heteroatoms. The predicted molar refractivity (Wildman–Crippen MR) is 108 cm³/mol. The van der Waals surface area contributed by atoms with E-state index in [1.54, 1.807) is 16.4 Å². The molecule has 0 atom stereocenters. The van der Waals surface area contributed by atoms with Crippen LogP contribution in [0.4, 0.5) is 5.69 Å². The number of sulfonamides is 1. The number of rotatable bonds is 3. The van der Waals surface area contributed by atoms with E-state index in [4.69, 9.17) is 0 Å². The summed E-state index contributed by atoms with van der Waals surface area (Å²) in [6.45, 7) is 4.75. The molecule has 0 aliphatic carbocycles. The van der Waals surface area contributed by atoms with E-state index in [0.29, 0.717) is 11.4 Å². The zero-order chi connectivity index (χ0) is 17.7. The second-order valence-corrected chi connectivity index (χ2v) is 11.8. The van der Waals surface area contributed by atoms with Crippen molar-refractivity contribution in [3.8, 4) is 0 Å². The lowest BCUT2D eigenvalue weighted by atomic mass is 10.1. The molecular formula is C19H21NO2S3. The fourth-order valence-corrected chi connectivity index (χ4v) is 7.79. The molecular weight excluding hydrogens is 370 g/mol. The van der Waals surface area contributed by atoms with Gasteiger partial charge < -0.3 is 0 Å². The summed E-state index contributed by atoms with van der Waals surface area (Å²) in [6, 6.07) is 13.4. The summed E-state index contributed by atoms with van der Waals surface area (Å²) in [4.78, 5) is 0.365. The van der Waals surface area contributed by atoms with Crippen LogP contribution >= 0.6 is 23.5 Å². The van der Waals surface area contributed by atoms with Crippen molar-refractivity contribution in [3.63, 3.8) is 0 Å². The molecule has 0 unspecified atom stereocenters. The van der Waals surface area contributed by atoms with Crippen molar-refractivity contribution in [2.75, 3.05) is 22.4 Å². The summed E-state index contributed by atoms with van der Waals surface area (Å²) in [5.41, 5.74) is 4.34. The van der Waals surface area contributed by atoms with Gasteiger partial charge in [-0.3, -0.25) is 4.31 Å². The highest BCUT2D eigenvalue weighted by Crippen LogP contribution is 2.52. The highest BCUT2D eigenvalue weighted by atomic mass is 32.2. The number of hydrogen-bond donors (Lipinski definition) is 0. The van der Waals surface area contributed by atoms with Crippen molar-refractivity contribution in [3.05, 3.63) is 59.2 Å². The molecule has 132 valence electrons. The number of fused-ring (bicyclic) bond motifs is 1. The lowest BCUT2D eigenvalue weighted by molar-refractivity contribution is 0.592. The van der Waals surface area contributed by atoms with E-state index < -0.39 is 10.0 Å². The summed E-state index contributed by atoms with van der Waals surface area (Å²) in [6.07, 6.45) is 0.777. The van der Waals surface area contributed by atoms with Crippen molar-refractivity contribution in [2.45, 2.75) is 29.2 Å². The van der Waals surface area contributed by atoms with Gasteiger partial charge in [0.2, 0.25) is 0 Å². The van der Waals surface area contributed by atoms with Crippen molar-refractivity contribution in [2.24, 2.45) is 0 Å². The van der Waals surface area contributed by atoms with E-state index in [0.717, 1.165) is 23.2 Å². The van der Waals surface area contributed by atoms with Crippen molar-refractivity contribution in [1.82, 2.24) is 0 Å². The van der Waals surface area contributed by atoms with E-state index in [9.17, 15) is 8.42 Å². The number of thioether (sulfide) groups is 2. The maximum absolute atomic E-state index is 13.0. The first-order valence-electron chi connectivity index (χ1n) is 8.41. The molecule has 2 aliphatic rings. The first-order chi connectivity index (χ1) is 11.9. The molecule has 0 amide bonds. The molecule has 2 aromatic rings. The third-order valence-corrected chi connectivity index (χ3v) is 10.1. The van der Waals surface area contributed by atoms with Gasteiger partial charge in [-0.05, 0) is 49.6 Å². The fourth-order valence-electron chi connectivity index (χ4n) is 3.42. The molecule has 25 heavy (non-hydrogen) atoms. The number of benzene rings is 2. The van der Waals surface area contributed by atoms with Crippen LogP contribution in [0.2, 0.25) is 0 Å². The zero-order valence-electron chi connectivity index (χ0n) is 14.4. The molecule has 0 bridgehead atoms. The van der Waals surface area contributed by atoms with Gasteiger partial charge in [-0.1, -0.05) is 29.8 Å². The summed E-state index contributed by atoms with van der Waals surface area (Å²) >= 11 is 3.96. The molecule has 0 saturated carbocycles. The Morgan fingerprint density at radius 2 is 1.72 bits per heavy atom. The molecule has 1 saturated heterocycles. The predicted octanol–water partition coefficient (Wildman–Crippen LogP) is 4.40. The molecule has 4 rings (SSSR count). The Balaban J connectivity index is 1.69. The monoisotopic (exact) mass is 391 g/mol. The second kappa shape index (κ2) is 6.25. The van der Waals surface area contributed by atoms with E-state index in [1.165, 1.54) is 17.1 Å². The van der Waals surface area contributed by atoms with Gasteiger partial charge in [-0.2, -0.15) is 0 Å². The van der Waals surface area contributed by atoms with Crippen molar-refractivity contribution < 1.29 is 8.42 Å². The number of anilines is 1. The zero-order valence-corrected chi connectivity index (χ0v) is 16.8. The highest BCUT2D eigenvalue weighted by molar-refractivity contribution is 8.20. The molecule has 0 N–H and O–H groups in total. The van der Waals surface area contributed by atoms with Gasteiger partial charge in [-0.15, -0.1) is 23.5 Å². The van der Waals surface area contributed by atoms with Crippen LogP contribution in [-0.2, 0) is 20.5 Å². The first-order valence-corrected chi connectivity index (χ1v) is 11.8. The van der Waals surface area contributed by atoms with Gasteiger partial charge in [0.25, 0.3) is 10.0 Å². The molecule has 0 aromatic heterocycles. The van der Waals surface area contributed by atoms with Crippen molar-refractivity contribution in [1.29, 1.82) is 0 Å². The van der Waals surface area contributed by atoms with Gasteiger partial charge in [0, 0.05) is 18.1 Å². The Morgan fingerprint density at radius 1 is 1.04 bits per heavy atom. The van der Waals surface area contributed by atoms with Crippen LogP contribution in [0.15, 0.2) is 47.4 Å². The largest absolute Gasteiger partial charge is 0.266 e. The van der Waals surface area contributed by atoms with Crippen LogP contribution in [0, 0.1) is 6.92 Å². The molecule has 2 heterocycles. The maximum atomic E-state index is 13.0. The topological polar surface area (TPSA) is 37.4 Å². The maximum Gasteiger partial charge on any atom is 0.264 e. The molecule has 2 aliphatic heterocycles. The lowest BCUT2D eigenvalue weighted by Crippen LogP contribution is -2.29. The summed E-state index contributed by atoms with van der Waals surface area (Å²) in [7, 11) is -3.49. The average Bonchev–Trinajstić information content (AvgIpc) is 3.22. The van der Waals surface area contributed by atoms with Crippen LogP contribution in [0.25, 0.3) is 0 Å². The Labute approximate surface area is 158 Å². The van der Waals surface area contributed by atoms with Crippen LogP contribution in [-0.4, -0.2) is 26.5 Å².